The van der Waals surface area contributed by atoms with Gasteiger partial charge in [-0.15, -0.1) is 0 Å². The number of rotatable bonds is 5. The minimum absolute atomic E-state index is 0.00626. The Balaban J connectivity index is 2.65. The predicted molar refractivity (Wildman–Crippen MR) is 74.3 cm³/mol. The van der Waals surface area contributed by atoms with Gasteiger partial charge < -0.3 is 15.9 Å². The Morgan fingerprint density at radius 2 is 2.11 bits per heavy atom. The SMILES string of the molecule is CC(=O)SCCC(O)C(O)c1cccc(C)c1N. The minimum Gasteiger partial charge on any atom is -0.398 e. The number of nitrogens with two attached hydrogens (primary N) is 1. The molecular formula is C13H19NO3S. The third-order valence-electron chi connectivity index (χ3n) is 2.76. The number of carbonyl (C=O) groups excluding carboxylic acids is 1. The fourth-order valence-electron chi connectivity index (χ4n) is 1.65. The second-order valence-electron chi connectivity index (χ2n) is 4.22. The third kappa shape index (κ3) is 4.01. The number of hydrogen-bond acceptors (Lipinski definition) is 5. The first-order chi connectivity index (χ1) is 8.43. The molecule has 1 rings (SSSR count). The van der Waals surface area contributed by atoms with Crippen molar-refractivity contribution in [2.45, 2.75) is 32.5 Å². The number of aliphatic hydroxyl groups excluding tert-OH is 2. The quantitative estimate of drug-likeness (QED) is 0.708. The maximum absolute atomic E-state index is 10.8. The monoisotopic (exact) mass is 269 g/mol. The summed E-state index contributed by atoms with van der Waals surface area (Å²) in [5, 5.41) is 19.9. The van der Waals surface area contributed by atoms with Gasteiger partial charge >= 0.3 is 0 Å². The van der Waals surface area contributed by atoms with Crippen molar-refractivity contribution in [1.29, 1.82) is 0 Å². The fourth-order valence-corrected chi connectivity index (χ4v) is 2.30. The molecule has 0 aliphatic carbocycles. The normalized spacial score (nSPS) is 14.2. The van der Waals surface area contributed by atoms with Crippen LogP contribution in [0.3, 0.4) is 0 Å². The van der Waals surface area contributed by atoms with E-state index >= 15 is 0 Å². The lowest BCUT2D eigenvalue weighted by Crippen LogP contribution is -2.20. The Bertz CT molecular complexity index is 423. The molecule has 0 saturated carbocycles. The smallest absolute Gasteiger partial charge is 0.185 e. The van der Waals surface area contributed by atoms with Crippen molar-refractivity contribution in [3.8, 4) is 0 Å². The average Bonchev–Trinajstić information content (AvgIpc) is 2.31. The molecule has 0 saturated heterocycles. The molecule has 4 N–H and O–H groups in total. The molecule has 1 aromatic carbocycles. The van der Waals surface area contributed by atoms with E-state index in [2.05, 4.69) is 0 Å². The van der Waals surface area contributed by atoms with Gasteiger partial charge in [0.1, 0.15) is 6.10 Å². The molecule has 100 valence electrons. The van der Waals surface area contributed by atoms with E-state index in [0.717, 1.165) is 17.3 Å². The Labute approximate surface area is 111 Å². The van der Waals surface area contributed by atoms with Crippen LogP contribution in [0.25, 0.3) is 0 Å². The number of anilines is 1. The number of carbonyl (C=O) groups is 1. The maximum atomic E-state index is 10.8. The number of aliphatic hydroxyl groups is 2. The lowest BCUT2D eigenvalue weighted by atomic mass is 9.99. The summed E-state index contributed by atoms with van der Waals surface area (Å²) < 4.78 is 0. The van der Waals surface area contributed by atoms with E-state index in [9.17, 15) is 15.0 Å². The summed E-state index contributed by atoms with van der Waals surface area (Å²) in [6.45, 7) is 3.33. The lowest BCUT2D eigenvalue weighted by Gasteiger charge is -2.20. The Morgan fingerprint density at radius 1 is 1.44 bits per heavy atom. The van der Waals surface area contributed by atoms with Crippen LogP contribution in [0, 0.1) is 6.92 Å². The topological polar surface area (TPSA) is 83.5 Å². The van der Waals surface area contributed by atoms with Crippen LogP contribution in [0.2, 0.25) is 0 Å². The summed E-state index contributed by atoms with van der Waals surface area (Å²) in [5.74, 6) is 0.485. The molecule has 0 aliphatic rings. The van der Waals surface area contributed by atoms with Gasteiger partial charge in [0.15, 0.2) is 5.12 Å². The highest BCUT2D eigenvalue weighted by molar-refractivity contribution is 8.13. The van der Waals surface area contributed by atoms with Crippen LogP contribution in [0.4, 0.5) is 5.69 Å². The van der Waals surface area contributed by atoms with Crippen molar-refractivity contribution in [3.05, 3.63) is 29.3 Å². The van der Waals surface area contributed by atoms with Crippen molar-refractivity contribution in [2.24, 2.45) is 0 Å². The van der Waals surface area contributed by atoms with E-state index in [0.29, 0.717) is 23.4 Å². The molecule has 0 heterocycles. The number of hydrogen-bond donors (Lipinski definition) is 3. The molecule has 0 bridgehead atoms. The summed E-state index contributed by atoms with van der Waals surface area (Å²) in [6, 6.07) is 5.35. The van der Waals surface area contributed by atoms with Gasteiger partial charge in [0.05, 0.1) is 6.10 Å². The maximum Gasteiger partial charge on any atom is 0.185 e. The van der Waals surface area contributed by atoms with E-state index in [4.69, 9.17) is 5.73 Å². The van der Waals surface area contributed by atoms with Gasteiger partial charge in [-0.2, -0.15) is 0 Å². The molecule has 5 heteroatoms. The first-order valence-electron chi connectivity index (χ1n) is 5.78. The van der Waals surface area contributed by atoms with Crippen LogP contribution in [0.5, 0.6) is 0 Å². The zero-order valence-corrected chi connectivity index (χ0v) is 11.4. The van der Waals surface area contributed by atoms with Gasteiger partial charge in [0.25, 0.3) is 0 Å². The van der Waals surface area contributed by atoms with Gasteiger partial charge in [-0.3, -0.25) is 4.79 Å². The van der Waals surface area contributed by atoms with Crippen molar-refractivity contribution >= 4 is 22.6 Å². The number of nitrogen functional groups attached to an aromatic ring is 1. The molecule has 0 radical (unpaired) electrons. The summed E-state index contributed by atoms with van der Waals surface area (Å²) in [5.41, 5.74) is 7.78. The Kier molecular flexibility index (Phi) is 5.65. The second-order valence-corrected chi connectivity index (χ2v) is 5.49. The largest absolute Gasteiger partial charge is 0.398 e. The van der Waals surface area contributed by atoms with E-state index in [1.54, 1.807) is 12.1 Å². The zero-order chi connectivity index (χ0) is 13.7. The summed E-state index contributed by atoms with van der Waals surface area (Å²) >= 11 is 1.14. The van der Waals surface area contributed by atoms with Crippen molar-refractivity contribution in [2.75, 3.05) is 11.5 Å². The van der Waals surface area contributed by atoms with E-state index in [1.165, 1.54) is 6.92 Å². The van der Waals surface area contributed by atoms with Crippen LogP contribution >= 0.6 is 11.8 Å². The number of aryl methyl sites for hydroxylation is 1. The molecule has 2 unspecified atom stereocenters. The summed E-state index contributed by atoms with van der Waals surface area (Å²) in [4.78, 5) is 10.8. The number of thioether (sulfide) groups is 1. The highest BCUT2D eigenvalue weighted by Gasteiger charge is 2.20. The molecule has 18 heavy (non-hydrogen) atoms. The number of para-hydroxylation sites is 1. The van der Waals surface area contributed by atoms with Crippen LogP contribution in [0.1, 0.15) is 30.6 Å². The van der Waals surface area contributed by atoms with Gasteiger partial charge in [0, 0.05) is 23.9 Å². The molecule has 1 aromatic rings. The standard InChI is InChI=1S/C13H19NO3S/c1-8-4-3-5-10(12(8)14)13(17)11(16)6-7-18-9(2)15/h3-5,11,13,16-17H,6-7,14H2,1-2H3. The minimum atomic E-state index is -1.02. The Hall–Kier alpha value is -1.04. The zero-order valence-electron chi connectivity index (χ0n) is 10.6. The van der Waals surface area contributed by atoms with Crippen LogP contribution in [-0.4, -0.2) is 27.2 Å². The predicted octanol–water partition coefficient (Wildman–Crippen LogP) is 1.64. The first-order valence-corrected chi connectivity index (χ1v) is 6.76. The van der Waals surface area contributed by atoms with Crippen LogP contribution < -0.4 is 5.73 Å². The highest BCUT2D eigenvalue weighted by atomic mass is 32.2. The average molecular weight is 269 g/mol. The van der Waals surface area contributed by atoms with Gasteiger partial charge in [-0.25, -0.2) is 0 Å². The first kappa shape index (κ1) is 15.0. The molecule has 0 aromatic heterocycles. The molecule has 0 aliphatic heterocycles. The van der Waals surface area contributed by atoms with E-state index in [1.807, 2.05) is 13.0 Å². The molecule has 2 atom stereocenters. The summed E-state index contributed by atoms with van der Waals surface area (Å²) in [6.07, 6.45) is -1.59. The lowest BCUT2D eigenvalue weighted by molar-refractivity contribution is -0.109. The van der Waals surface area contributed by atoms with Gasteiger partial charge in [-0.1, -0.05) is 30.0 Å². The molecule has 0 fully saturated rings. The third-order valence-corrected chi connectivity index (χ3v) is 3.61. The van der Waals surface area contributed by atoms with Crippen LogP contribution in [-0.2, 0) is 4.79 Å². The van der Waals surface area contributed by atoms with Gasteiger partial charge in [-0.05, 0) is 18.9 Å². The van der Waals surface area contributed by atoms with E-state index < -0.39 is 12.2 Å². The second kappa shape index (κ2) is 6.78. The fraction of sp³-hybridized carbons (Fsp3) is 0.462. The molecule has 4 nitrogen and oxygen atoms in total. The van der Waals surface area contributed by atoms with Gasteiger partial charge in [0.2, 0.25) is 0 Å². The molecule has 0 amide bonds. The van der Waals surface area contributed by atoms with Crippen LogP contribution in [0.15, 0.2) is 18.2 Å². The number of benzene rings is 1. The van der Waals surface area contributed by atoms with E-state index in [-0.39, 0.29) is 5.12 Å². The summed E-state index contributed by atoms with van der Waals surface area (Å²) in [7, 11) is 0. The van der Waals surface area contributed by atoms with Crippen molar-refractivity contribution in [3.63, 3.8) is 0 Å². The Morgan fingerprint density at radius 3 is 2.72 bits per heavy atom. The van der Waals surface area contributed by atoms with Crippen molar-refractivity contribution in [1.82, 2.24) is 0 Å². The van der Waals surface area contributed by atoms with Crippen molar-refractivity contribution < 1.29 is 15.0 Å². The highest BCUT2D eigenvalue weighted by Crippen LogP contribution is 2.27. The molecule has 0 spiro atoms. The molecular weight excluding hydrogens is 250 g/mol.